The number of carbonyl (C=O) groups excluding carboxylic acids is 2. The molecule has 170 valence electrons. The van der Waals surface area contributed by atoms with Crippen molar-refractivity contribution in [1.29, 1.82) is 0 Å². The molecule has 2 amide bonds. The van der Waals surface area contributed by atoms with Gasteiger partial charge in [0.1, 0.15) is 17.2 Å². The quantitative estimate of drug-likeness (QED) is 0.536. The van der Waals surface area contributed by atoms with Crippen molar-refractivity contribution in [2.45, 2.75) is 13.0 Å². The lowest BCUT2D eigenvalue weighted by molar-refractivity contribution is -0.117. The molecule has 0 radical (unpaired) electrons. The van der Waals surface area contributed by atoms with E-state index in [1.165, 1.54) is 18.6 Å². The third-order valence-corrected chi connectivity index (χ3v) is 6.00. The van der Waals surface area contributed by atoms with Crippen molar-refractivity contribution >= 4 is 34.8 Å². The molecule has 1 aliphatic heterocycles. The summed E-state index contributed by atoms with van der Waals surface area (Å²) >= 11 is 0.832. The van der Waals surface area contributed by atoms with Crippen LogP contribution in [0.2, 0.25) is 0 Å². The number of hydrogen-bond donors (Lipinski definition) is 1. The lowest BCUT2D eigenvalue weighted by Crippen LogP contribution is -2.42. The van der Waals surface area contributed by atoms with Gasteiger partial charge in [0.2, 0.25) is 5.91 Å². The number of rotatable bonds is 6. The van der Waals surface area contributed by atoms with Crippen LogP contribution in [-0.4, -0.2) is 30.0 Å². The summed E-state index contributed by atoms with van der Waals surface area (Å²) in [7, 11) is 1.25. The number of thiophene rings is 1. The van der Waals surface area contributed by atoms with Gasteiger partial charge in [0.25, 0.3) is 5.91 Å². The summed E-state index contributed by atoms with van der Waals surface area (Å²) in [6, 6.07) is 5.20. The average molecular weight is 477 g/mol. The number of aromatic carboxylic acids is 1. The Morgan fingerprint density at radius 2 is 1.85 bits per heavy atom. The zero-order valence-electron chi connectivity index (χ0n) is 16.9. The molecule has 11 heteroatoms. The van der Waals surface area contributed by atoms with E-state index in [-0.39, 0.29) is 33.9 Å². The molecule has 0 bridgehead atoms. The van der Waals surface area contributed by atoms with E-state index in [1.807, 2.05) is 0 Å². The monoisotopic (exact) mass is 477 g/mol. The molecule has 4 rings (SSSR count). The molecule has 2 aromatic carbocycles. The number of anilines is 1. The summed E-state index contributed by atoms with van der Waals surface area (Å²) in [6.45, 7) is -0.604. The van der Waals surface area contributed by atoms with Crippen LogP contribution in [0, 0.1) is 17.5 Å². The Hall–Kier alpha value is -3.86. The Morgan fingerprint density at radius 3 is 2.55 bits per heavy atom. The number of hydrogen-bond acceptors (Lipinski definition) is 6. The summed E-state index contributed by atoms with van der Waals surface area (Å²) in [5, 5.41) is 10.8. The molecule has 0 spiro atoms. The third kappa shape index (κ3) is 3.91. The number of carboxylic acids is 1. The fraction of sp³-hybridized carbons (Fsp3) is 0.136. The minimum Gasteiger partial charge on any atom is -0.496 e. The molecule has 1 aliphatic rings. The van der Waals surface area contributed by atoms with Gasteiger partial charge < -0.3 is 14.6 Å². The number of ether oxygens (including phenoxy) is 2. The van der Waals surface area contributed by atoms with Gasteiger partial charge in [-0.2, -0.15) is 0 Å². The minimum absolute atomic E-state index is 0.0157. The predicted octanol–water partition coefficient (Wildman–Crippen LogP) is 4.18. The van der Waals surface area contributed by atoms with Crippen LogP contribution in [-0.2, 0) is 17.8 Å². The number of carboxylic acid groups (broad SMARTS) is 1. The molecule has 0 fully saturated rings. The van der Waals surface area contributed by atoms with Crippen molar-refractivity contribution in [3.8, 4) is 11.5 Å². The Labute approximate surface area is 188 Å². The molecule has 1 N–H and O–H groups in total. The first-order chi connectivity index (χ1) is 15.7. The minimum atomic E-state index is -1.31. The highest BCUT2D eigenvalue weighted by Gasteiger charge is 2.37. The molecule has 1 aromatic heterocycles. The number of methoxy groups -OCH3 is 1. The highest BCUT2D eigenvalue weighted by atomic mass is 32.1. The number of nitrogens with zero attached hydrogens (tertiary/aromatic N) is 1. The van der Waals surface area contributed by atoms with Crippen molar-refractivity contribution in [3.63, 3.8) is 0 Å². The van der Waals surface area contributed by atoms with E-state index in [9.17, 15) is 32.7 Å². The van der Waals surface area contributed by atoms with Gasteiger partial charge in [-0.3, -0.25) is 9.59 Å². The van der Waals surface area contributed by atoms with E-state index in [0.29, 0.717) is 5.56 Å². The van der Waals surface area contributed by atoms with Crippen molar-refractivity contribution in [3.05, 3.63) is 74.7 Å². The molecule has 0 saturated heterocycles. The average Bonchev–Trinajstić information content (AvgIpc) is 3.20. The second-order valence-corrected chi connectivity index (χ2v) is 7.81. The van der Waals surface area contributed by atoms with Crippen LogP contribution in [0.4, 0.5) is 18.9 Å². The van der Waals surface area contributed by atoms with Crippen LogP contribution < -0.4 is 14.4 Å². The first kappa shape index (κ1) is 22.3. The fourth-order valence-corrected chi connectivity index (χ4v) is 4.33. The molecule has 2 heterocycles. The molecule has 3 aromatic rings. The zero-order chi connectivity index (χ0) is 23.9. The Balaban J connectivity index is 1.66. The van der Waals surface area contributed by atoms with E-state index in [2.05, 4.69) is 0 Å². The summed E-state index contributed by atoms with van der Waals surface area (Å²) in [5.41, 5.74) is -0.163. The highest BCUT2D eigenvalue weighted by molar-refractivity contribution is 7.12. The van der Waals surface area contributed by atoms with Crippen molar-refractivity contribution in [2.75, 3.05) is 12.0 Å². The van der Waals surface area contributed by atoms with Gasteiger partial charge in [0.05, 0.1) is 30.3 Å². The molecular weight excluding hydrogens is 463 g/mol. The van der Waals surface area contributed by atoms with Crippen LogP contribution in [0.3, 0.4) is 0 Å². The maximum absolute atomic E-state index is 14.4. The van der Waals surface area contributed by atoms with E-state index in [4.69, 9.17) is 9.47 Å². The summed E-state index contributed by atoms with van der Waals surface area (Å²) in [5.74, 6) is -6.52. The maximum Gasteiger partial charge on any atom is 0.346 e. The maximum atomic E-state index is 14.4. The smallest absolute Gasteiger partial charge is 0.346 e. The number of benzene rings is 2. The standard InChI is InChI=1S/C22H14F3NO6S/c1-31-15-5-4-14(24)19(25)12(15)8-32-16-7-11(2-3-13(16)23)26-17(27)6-10-9-33-20(22(29)30)18(10)21(26)28/h2-5,7,9H,6,8H2,1H3,(H,29,30). The van der Waals surface area contributed by atoms with Gasteiger partial charge >= 0.3 is 5.97 Å². The normalized spacial score (nSPS) is 13.2. The third-order valence-electron chi connectivity index (χ3n) is 4.99. The number of halogens is 3. The van der Waals surface area contributed by atoms with Gasteiger partial charge in [0.15, 0.2) is 23.2 Å². The van der Waals surface area contributed by atoms with Crippen LogP contribution in [0.15, 0.2) is 35.7 Å². The lowest BCUT2D eigenvalue weighted by atomic mass is 10.0. The number of amides is 2. The molecule has 33 heavy (non-hydrogen) atoms. The fourth-order valence-electron chi connectivity index (χ4n) is 3.44. The lowest BCUT2D eigenvalue weighted by Gasteiger charge is -2.26. The topological polar surface area (TPSA) is 93.1 Å². The van der Waals surface area contributed by atoms with E-state index in [1.54, 1.807) is 0 Å². The molecule has 7 nitrogen and oxygen atoms in total. The van der Waals surface area contributed by atoms with Crippen LogP contribution in [0.1, 0.15) is 31.2 Å². The van der Waals surface area contributed by atoms with E-state index < -0.39 is 47.6 Å². The highest BCUT2D eigenvalue weighted by Crippen LogP contribution is 2.34. The molecular formula is C22H14F3NO6S. The first-order valence-corrected chi connectivity index (χ1v) is 10.2. The van der Waals surface area contributed by atoms with Gasteiger partial charge in [-0.1, -0.05) is 0 Å². The summed E-state index contributed by atoms with van der Waals surface area (Å²) in [4.78, 5) is 37.5. The largest absolute Gasteiger partial charge is 0.496 e. The SMILES string of the molecule is COc1ccc(F)c(F)c1COc1cc(N2C(=O)Cc3csc(C(=O)O)c3C2=O)ccc1F. The summed E-state index contributed by atoms with van der Waals surface area (Å²) < 4.78 is 52.4. The van der Waals surface area contributed by atoms with Gasteiger partial charge in [-0.25, -0.2) is 22.9 Å². The molecule has 0 atom stereocenters. The molecule has 0 saturated carbocycles. The van der Waals surface area contributed by atoms with Crippen molar-refractivity contribution in [2.24, 2.45) is 0 Å². The van der Waals surface area contributed by atoms with Crippen LogP contribution in [0.5, 0.6) is 11.5 Å². The molecule has 0 aliphatic carbocycles. The van der Waals surface area contributed by atoms with Crippen molar-refractivity contribution < 1.29 is 42.1 Å². The second-order valence-electron chi connectivity index (χ2n) is 6.93. The number of carbonyl (C=O) groups is 3. The van der Waals surface area contributed by atoms with Crippen LogP contribution >= 0.6 is 11.3 Å². The Bertz CT molecular complexity index is 1310. The number of fused-ring (bicyclic) bond motifs is 1. The van der Waals surface area contributed by atoms with Gasteiger partial charge in [-0.05, 0) is 35.2 Å². The molecule has 0 unspecified atom stereocenters. The Morgan fingerprint density at radius 1 is 1.12 bits per heavy atom. The van der Waals surface area contributed by atoms with Crippen molar-refractivity contribution in [1.82, 2.24) is 0 Å². The van der Waals surface area contributed by atoms with E-state index >= 15 is 0 Å². The predicted molar refractivity (Wildman–Crippen MR) is 110 cm³/mol. The van der Waals surface area contributed by atoms with Gasteiger partial charge in [0, 0.05) is 6.07 Å². The van der Waals surface area contributed by atoms with Crippen LogP contribution in [0.25, 0.3) is 0 Å². The van der Waals surface area contributed by atoms with Gasteiger partial charge in [-0.15, -0.1) is 11.3 Å². The van der Waals surface area contributed by atoms with E-state index in [0.717, 1.165) is 40.5 Å². The first-order valence-electron chi connectivity index (χ1n) is 9.37. The number of imide groups is 1. The second kappa shape index (κ2) is 8.58. The Kier molecular flexibility index (Phi) is 5.81. The summed E-state index contributed by atoms with van der Waals surface area (Å²) in [6.07, 6.45) is -0.218. The zero-order valence-corrected chi connectivity index (χ0v) is 17.7.